The second-order valence-corrected chi connectivity index (χ2v) is 8.99. The first-order chi connectivity index (χ1) is 12.9. The van der Waals surface area contributed by atoms with Gasteiger partial charge in [-0.05, 0) is 59.5 Å². The zero-order valence-corrected chi connectivity index (χ0v) is 16.9. The van der Waals surface area contributed by atoms with E-state index < -0.39 is 17.5 Å². The fraction of sp³-hybridized carbons (Fsp3) is 0.368. The van der Waals surface area contributed by atoms with E-state index in [1.165, 1.54) is 9.78 Å². The molecule has 27 heavy (non-hydrogen) atoms. The summed E-state index contributed by atoms with van der Waals surface area (Å²) in [5.74, 6) is -2.20. The minimum absolute atomic E-state index is 0.00863. The molecular formula is C19H19BrF2N2O2S. The zero-order chi connectivity index (χ0) is 19.4. The monoisotopic (exact) mass is 456 g/mol. The van der Waals surface area contributed by atoms with Crippen LogP contribution >= 0.6 is 27.3 Å². The lowest BCUT2D eigenvalue weighted by Gasteiger charge is -2.31. The number of rotatable bonds is 5. The highest BCUT2D eigenvalue weighted by Crippen LogP contribution is 2.23. The van der Waals surface area contributed by atoms with Gasteiger partial charge in [0.05, 0.1) is 9.35 Å². The molecule has 0 unspecified atom stereocenters. The molecular weight excluding hydrogens is 438 g/mol. The van der Waals surface area contributed by atoms with E-state index in [-0.39, 0.29) is 17.4 Å². The maximum absolute atomic E-state index is 13.8. The number of nitrogens with zero attached hydrogens (tertiary/aromatic N) is 1. The second-order valence-electron chi connectivity index (χ2n) is 6.44. The maximum Gasteiger partial charge on any atom is 0.256 e. The number of hydrogen-bond donors (Lipinski definition) is 1. The van der Waals surface area contributed by atoms with Crippen LogP contribution in [0.3, 0.4) is 0 Å². The quantitative estimate of drug-likeness (QED) is 0.738. The van der Waals surface area contributed by atoms with Crippen molar-refractivity contribution in [2.45, 2.75) is 19.3 Å². The van der Waals surface area contributed by atoms with Crippen LogP contribution in [-0.4, -0.2) is 36.3 Å². The third-order valence-electron chi connectivity index (χ3n) is 4.61. The molecule has 2 aromatic rings. The molecule has 0 bridgehead atoms. The minimum Gasteiger partial charge on any atom is -0.355 e. The van der Waals surface area contributed by atoms with Crippen LogP contribution in [0, 0.1) is 17.6 Å². The van der Waals surface area contributed by atoms with Gasteiger partial charge >= 0.3 is 0 Å². The van der Waals surface area contributed by atoms with Crippen LogP contribution < -0.4 is 5.32 Å². The molecule has 0 saturated carbocycles. The highest BCUT2D eigenvalue weighted by molar-refractivity contribution is 9.11. The third kappa shape index (κ3) is 5.13. The average molecular weight is 457 g/mol. The molecule has 1 aromatic heterocycles. The fourth-order valence-corrected chi connectivity index (χ4v) is 4.60. The van der Waals surface area contributed by atoms with E-state index in [1.807, 2.05) is 12.1 Å². The van der Waals surface area contributed by atoms with Crippen LogP contribution in [0.25, 0.3) is 0 Å². The average Bonchev–Trinajstić information content (AvgIpc) is 3.06. The molecule has 8 heteroatoms. The van der Waals surface area contributed by atoms with E-state index in [0.717, 1.165) is 22.3 Å². The first kappa shape index (κ1) is 19.9. The Balaban J connectivity index is 1.46. The molecule has 4 nitrogen and oxygen atoms in total. The van der Waals surface area contributed by atoms with Gasteiger partial charge in [-0.1, -0.05) is 0 Å². The van der Waals surface area contributed by atoms with Gasteiger partial charge in [0, 0.05) is 36.5 Å². The number of nitrogens with one attached hydrogen (secondary N) is 1. The standard InChI is InChI=1S/C19H19BrF2N2O2S/c20-17-4-2-14(27-17)5-8-23-18(25)12-6-9-24(10-7-12)19(26)15-3-1-13(21)11-16(15)22/h1-4,11-12H,5-10H2,(H,23,25). The summed E-state index contributed by atoms with van der Waals surface area (Å²) in [6, 6.07) is 6.95. The molecule has 1 aliphatic rings. The number of likely N-dealkylation sites (tertiary alicyclic amines) is 1. The Kier molecular flexibility index (Phi) is 6.59. The Labute approximate surface area is 168 Å². The van der Waals surface area contributed by atoms with Crippen LogP contribution in [0.15, 0.2) is 34.1 Å². The normalized spacial score (nSPS) is 15.0. The first-order valence-corrected chi connectivity index (χ1v) is 10.3. The molecule has 0 atom stereocenters. The van der Waals surface area contributed by atoms with Crippen molar-refractivity contribution >= 4 is 39.1 Å². The number of amides is 2. The van der Waals surface area contributed by atoms with E-state index in [1.54, 1.807) is 11.3 Å². The van der Waals surface area contributed by atoms with Gasteiger partial charge < -0.3 is 10.2 Å². The van der Waals surface area contributed by atoms with E-state index in [0.29, 0.717) is 38.5 Å². The molecule has 2 heterocycles. The highest BCUT2D eigenvalue weighted by Gasteiger charge is 2.28. The van der Waals surface area contributed by atoms with Gasteiger partial charge in [-0.2, -0.15) is 0 Å². The predicted octanol–water partition coefficient (Wildman–Crippen LogP) is 4.00. The summed E-state index contributed by atoms with van der Waals surface area (Å²) in [4.78, 5) is 27.4. The molecule has 0 spiro atoms. The van der Waals surface area contributed by atoms with Crippen LogP contribution in [0.2, 0.25) is 0 Å². The van der Waals surface area contributed by atoms with Crippen molar-refractivity contribution in [3.8, 4) is 0 Å². The molecule has 1 fully saturated rings. The molecule has 144 valence electrons. The lowest BCUT2D eigenvalue weighted by molar-refractivity contribution is -0.126. The van der Waals surface area contributed by atoms with Crippen molar-refractivity contribution in [1.82, 2.24) is 10.2 Å². The van der Waals surface area contributed by atoms with Gasteiger partial charge in [0.25, 0.3) is 5.91 Å². The van der Waals surface area contributed by atoms with E-state index in [9.17, 15) is 18.4 Å². The van der Waals surface area contributed by atoms with Crippen molar-refractivity contribution in [1.29, 1.82) is 0 Å². The number of halogens is 3. The SMILES string of the molecule is O=C(NCCc1ccc(Br)s1)C1CCN(C(=O)c2ccc(F)cc2F)CC1. The van der Waals surface area contributed by atoms with Crippen molar-refractivity contribution in [2.75, 3.05) is 19.6 Å². The van der Waals surface area contributed by atoms with Crippen LogP contribution in [0.5, 0.6) is 0 Å². The third-order valence-corrected chi connectivity index (χ3v) is 6.30. The molecule has 1 aliphatic heterocycles. The Morgan fingerprint density at radius 1 is 1.19 bits per heavy atom. The van der Waals surface area contributed by atoms with Gasteiger partial charge in [0.2, 0.25) is 5.91 Å². The maximum atomic E-state index is 13.8. The Morgan fingerprint density at radius 3 is 2.56 bits per heavy atom. The lowest BCUT2D eigenvalue weighted by Crippen LogP contribution is -2.43. The second kappa shape index (κ2) is 8.93. The Hall–Kier alpha value is -1.80. The number of carbonyl (C=O) groups excluding carboxylic acids is 2. The summed E-state index contributed by atoms with van der Waals surface area (Å²) in [7, 11) is 0. The molecule has 0 radical (unpaired) electrons. The van der Waals surface area contributed by atoms with Crippen LogP contribution in [0.4, 0.5) is 8.78 Å². The summed E-state index contributed by atoms with van der Waals surface area (Å²) in [6.45, 7) is 1.34. The fourth-order valence-electron chi connectivity index (χ4n) is 3.12. The first-order valence-electron chi connectivity index (χ1n) is 8.70. The van der Waals surface area contributed by atoms with Gasteiger partial charge in [-0.25, -0.2) is 8.78 Å². The van der Waals surface area contributed by atoms with Gasteiger partial charge in [-0.15, -0.1) is 11.3 Å². The molecule has 1 saturated heterocycles. The number of piperidine rings is 1. The minimum atomic E-state index is -0.861. The smallest absolute Gasteiger partial charge is 0.256 e. The van der Waals surface area contributed by atoms with Crippen molar-refractivity contribution < 1.29 is 18.4 Å². The molecule has 0 aliphatic carbocycles. The van der Waals surface area contributed by atoms with Gasteiger partial charge in [0.1, 0.15) is 11.6 Å². The Bertz CT molecular complexity index is 835. The summed E-state index contributed by atoms with van der Waals surface area (Å²) in [6.07, 6.45) is 1.85. The van der Waals surface area contributed by atoms with Gasteiger partial charge in [0.15, 0.2) is 0 Å². The largest absolute Gasteiger partial charge is 0.355 e. The zero-order valence-electron chi connectivity index (χ0n) is 14.5. The number of benzene rings is 1. The number of hydrogen-bond acceptors (Lipinski definition) is 3. The Morgan fingerprint density at radius 2 is 1.93 bits per heavy atom. The summed E-state index contributed by atoms with van der Waals surface area (Å²) < 4.78 is 27.8. The van der Waals surface area contributed by atoms with Crippen molar-refractivity contribution in [2.24, 2.45) is 5.92 Å². The highest BCUT2D eigenvalue weighted by atomic mass is 79.9. The van der Waals surface area contributed by atoms with Gasteiger partial charge in [-0.3, -0.25) is 9.59 Å². The molecule has 2 amide bonds. The molecule has 1 aromatic carbocycles. The van der Waals surface area contributed by atoms with Crippen LogP contribution in [0.1, 0.15) is 28.1 Å². The molecule has 3 rings (SSSR count). The topological polar surface area (TPSA) is 49.4 Å². The number of carbonyl (C=O) groups is 2. The summed E-state index contributed by atoms with van der Waals surface area (Å²) >= 11 is 5.06. The van der Waals surface area contributed by atoms with E-state index in [4.69, 9.17) is 0 Å². The lowest BCUT2D eigenvalue weighted by atomic mass is 9.95. The summed E-state index contributed by atoms with van der Waals surface area (Å²) in [5, 5.41) is 2.95. The molecule has 1 N–H and O–H groups in total. The van der Waals surface area contributed by atoms with Crippen molar-refractivity contribution in [3.63, 3.8) is 0 Å². The summed E-state index contributed by atoms with van der Waals surface area (Å²) in [5.41, 5.74) is -0.138. The van der Waals surface area contributed by atoms with Crippen LogP contribution in [-0.2, 0) is 11.2 Å². The van der Waals surface area contributed by atoms with E-state index >= 15 is 0 Å². The number of thiophene rings is 1. The van der Waals surface area contributed by atoms with Crippen molar-refractivity contribution in [3.05, 3.63) is 56.2 Å². The van der Waals surface area contributed by atoms with E-state index in [2.05, 4.69) is 21.2 Å². The predicted molar refractivity (Wildman–Crippen MR) is 104 cm³/mol.